The van der Waals surface area contributed by atoms with Crippen LogP contribution in [-0.2, 0) is 4.79 Å². The molecule has 0 bridgehead atoms. The molecule has 1 N–H and O–H groups in total. The lowest BCUT2D eigenvalue weighted by Crippen LogP contribution is -2.46. The van der Waals surface area contributed by atoms with Crippen molar-refractivity contribution in [2.45, 2.75) is 25.8 Å². The predicted octanol–water partition coefficient (Wildman–Crippen LogP) is 0.622. The number of carbonyl (C=O) groups is 1. The van der Waals surface area contributed by atoms with Crippen LogP contribution in [0.15, 0.2) is 17.6 Å². The van der Waals surface area contributed by atoms with Crippen molar-refractivity contribution in [3.8, 4) is 0 Å². The van der Waals surface area contributed by atoms with E-state index in [1.54, 1.807) is 25.1 Å². The Morgan fingerprint density at radius 2 is 2.18 bits per heavy atom. The molecule has 0 aliphatic carbocycles. The topological polar surface area (TPSA) is 51.2 Å². The minimum Gasteiger partial charge on any atom is -0.353 e. The molecule has 1 unspecified atom stereocenters. The molecule has 126 valence electrons. The molecule has 0 aromatic heterocycles. The minimum absolute atomic E-state index is 0.00218. The zero-order valence-electron chi connectivity index (χ0n) is 14.5. The maximum absolute atomic E-state index is 11.7. The molecule has 1 rings (SSSR count). The molecule has 22 heavy (non-hydrogen) atoms. The molecular formula is C16H31N5O. The van der Waals surface area contributed by atoms with Gasteiger partial charge in [-0.3, -0.25) is 9.69 Å². The first kappa shape index (κ1) is 18.5. The van der Waals surface area contributed by atoms with E-state index in [1.165, 1.54) is 19.4 Å². The molecule has 6 nitrogen and oxygen atoms in total. The van der Waals surface area contributed by atoms with Gasteiger partial charge < -0.3 is 15.1 Å². The zero-order chi connectivity index (χ0) is 16.5. The number of likely N-dealkylation sites (N-methyl/N-ethyl adjacent to an activating group) is 3. The molecule has 1 amide bonds. The largest absolute Gasteiger partial charge is 0.353 e. The van der Waals surface area contributed by atoms with Gasteiger partial charge in [0.2, 0.25) is 5.91 Å². The van der Waals surface area contributed by atoms with Crippen molar-refractivity contribution in [1.82, 2.24) is 20.0 Å². The van der Waals surface area contributed by atoms with Gasteiger partial charge in [0, 0.05) is 40.3 Å². The van der Waals surface area contributed by atoms with Crippen LogP contribution in [0, 0.1) is 0 Å². The van der Waals surface area contributed by atoms with Gasteiger partial charge in [0.05, 0.1) is 0 Å². The molecule has 0 saturated carbocycles. The van der Waals surface area contributed by atoms with Crippen LogP contribution in [0.2, 0.25) is 0 Å². The van der Waals surface area contributed by atoms with Gasteiger partial charge in [-0.25, -0.2) is 4.99 Å². The lowest BCUT2D eigenvalue weighted by Gasteiger charge is -2.29. The number of nitrogens with one attached hydrogen (secondary N) is 1. The molecule has 0 radical (unpaired) electrons. The second-order valence-corrected chi connectivity index (χ2v) is 5.90. The van der Waals surface area contributed by atoms with E-state index in [4.69, 9.17) is 0 Å². The van der Waals surface area contributed by atoms with E-state index >= 15 is 0 Å². The summed E-state index contributed by atoms with van der Waals surface area (Å²) in [7, 11) is 5.52. The molecule has 1 fully saturated rings. The van der Waals surface area contributed by atoms with E-state index in [9.17, 15) is 4.79 Å². The fourth-order valence-electron chi connectivity index (χ4n) is 2.68. The van der Waals surface area contributed by atoms with Crippen LogP contribution in [0.5, 0.6) is 0 Å². The van der Waals surface area contributed by atoms with Gasteiger partial charge in [-0.05, 0) is 25.9 Å². The van der Waals surface area contributed by atoms with Gasteiger partial charge in [-0.15, -0.1) is 6.58 Å². The maximum Gasteiger partial charge on any atom is 0.243 e. The van der Waals surface area contributed by atoms with Crippen molar-refractivity contribution in [1.29, 1.82) is 0 Å². The third kappa shape index (κ3) is 5.67. The highest BCUT2D eigenvalue weighted by Gasteiger charge is 2.25. The third-order valence-corrected chi connectivity index (χ3v) is 4.02. The van der Waals surface area contributed by atoms with Crippen molar-refractivity contribution >= 4 is 11.9 Å². The Kier molecular flexibility index (Phi) is 7.95. The van der Waals surface area contributed by atoms with E-state index in [1.807, 2.05) is 7.05 Å². The maximum atomic E-state index is 11.7. The molecule has 1 atom stereocenters. The van der Waals surface area contributed by atoms with Crippen molar-refractivity contribution in [2.24, 2.45) is 4.99 Å². The van der Waals surface area contributed by atoms with Crippen molar-refractivity contribution < 1.29 is 4.79 Å². The first-order valence-corrected chi connectivity index (χ1v) is 8.04. The van der Waals surface area contributed by atoms with E-state index in [0.717, 1.165) is 19.0 Å². The van der Waals surface area contributed by atoms with Crippen LogP contribution in [0.1, 0.15) is 19.8 Å². The van der Waals surface area contributed by atoms with Gasteiger partial charge in [0.1, 0.15) is 6.54 Å². The number of hydrogen-bond acceptors (Lipinski definition) is 3. The van der Waals surface area contributed by atoms with E-state index < -0.39 is 0 Å². The Morgan fingerprint density at radius 1 is 1.45 bits per heavy atom. The summed E-state index contributed by atoms with van der Waals surface area (Å²) in [5, 5.41) is 3.24. The van der Waals surface area contributed by atoms with Crippen LogP contribution in [0.25, 0.3) is 0 Å². The van der Waals surface area contributed by atoms with E-state index in [0.29, 0.717) is 12.6 Å². The second kappa shape index (κ2) is 9.46. The lowest BCUT2D eigenvalue weighted by atomic mass is 10.2. The van der Waals surface area contributed by atoms with E-state index in [2.05, 4.69) is 33.6 Å². The summed E-state index contributed by atoms with van der Waals surface area (Å²) in [6, 6.07) is 0.565. The summed E-state index contributed by atoms with van der Waals surface area (Å²) in [6.07, 6.45) is 4.28. The Hall–Kier alpha value is -1.56. The SMILES string of the molecule is C=CCNC(=NCC(=O)N(C)C)N(C)CC1CCCN1CC. The Morgan fingerprint density at radius 3 is 2.77 bits per heavy atom. The van der Waals surface area contributed by atoms with Gasteiger partial charge in [0.25, 0.3) is 0 Å². The van der Waals surface area contributed by atoms with E-state index in [-0.39, 0.29) is 12.5 Å². The smallest absolute Gasteiger partial charge is 0.243 e. The zero-order valence-corrected chi connectivity index (χ0v) is 14.5. The molecule has 1 heterocycles. The Bertz CT molecular complexity index is 394. The number of rotatable bonds is 7. The minimum atomic E-state index is 0.00218. The summed E-state index contributed by atoms with van der Waals surface area (Å²) in [5.41, 5.74) is 0. The normalized spacial score (nSPS) is 19.1. The summed E-state index contributed by atoms with van der Waals surface area (Å²) in [5.74, 6) is 0.764. The lowest BCUT2D eigenvalue weighted by molar-refractivity contribution is -0.127. The predicted molar refractivity (Wildman–Crippen MR) is 92.1 cm³/mol. The molecule has 1 aliphatic heterocycles. The summed E-state index contributed by atoms with van der Waals surface area (Å²) < 4.78 is 0. The number of guanidine groups is 1. The summed E-state index contributed by atoms with van der Waals surface area (Å²) >= 11 is 0. The highest BCUT2D eigenvalue weighted by Crippen LogP contribution is 2.17. The van der Waals surface area contributed by atoms with Crippen LogP contribution < -0.4 is 5.32 Å². The van der Waals surface area contributed by atoms with Crippen LogP contribution in [-0.4, -0.2) is 86.5 Å². The molecule has 1 aliphatic rings. The first-order chi connectivity index (χ1) is 10.5. The van der Waals surface area contributed by atoms with Crippen molar-refractivity contribution in [2.75, 3.05) is 53.9 Å². The number of aliphatic imine (C=N–C) groups is 1. The average molecular weight is 309 g/mol. The molecule has 0 aromatic carbocycles. The van der Waals surface area contributed by atoms with Crippen molar-refractivity contribution in [3.05, 3.63) is 12.7 Å². The Balaban J connectivity index is 2.66. The summed E-state index contributed by atoms with van der Waals surface area (Å²) in [4.78, 5) is 22.4. The number of amides is 1. The van der Waals surface area contributed by atoms with Crippen LogP contribution in [0.3, 0.4) is 0 Å². The quantitative estimate of drug-likeness (QED) is 0.426. The number of nitrogens with zero attached hydrogens (tertiary/aromatic N) is 4. The first-order valence-electron chi connectivity index (χ1n) is 8.04. The fourth-order valence-corrected chi connectivity index (χ4v) is 2.68. The molecule has 6 heteroatoms. The van der Waals surface area contributed by atoms with Gasteiger partial charge in [-0.1, -0.05) is 13.0 Å². The highest BCUT2D eigenvalue weighted by molar-refractivity contribution is 5.84. The number of likely N-dealkylation sites (tertiary alicyclic amines) is 1. The van der Waals surface area contributed by atoms with Crippen LogP contribution >= 0.6 is 0 Å². The second-order valence-electron chi connectivity index (χ2n) is 5.90. The standard InChI is InChI=1S/C16H31N5O/c1-6-10-17-16(18-12-15(22)19(3)4)20(5)13-14-9-8-11-21(14)7-2/h6,14H,1,7-13H2,2-5H3,(H,17,18). The monoisotopic (exact) mass is 309 g/mol. The number of hydrogen-bond donors (Lipinski definition) is 1. The van der Waals surface area contributed by atoms with Crippen LogP contribution in [0.4, 0.5) is 0 Å². The fraction of sp³-hybridized carbons (Fsp3) is 0.750. The van der Waals surface area contributed by atoms with Gasteiger partial charge in [-0.2, -0.15) is 0 Å². The third-order valence-electron chi connectivity index (χ3n) is 4.02. The van der Waals surface area contributed by atoms with Gasteiger partial charge in [0.15, 0.2) is 5.96 Å². The highest BCUT2D eigenvalue weighted by atomic mass is 16.2. The summed E-state index contributed by atoms with van der Waals surface area (Å²) in [6.45, 7) is 9.93. The Labute approximate surface area is 134 Å². The van der Waals surface area contributed by atoms with Gasteiger partial charge >= 0.3 is 0 Å². The molecule has 0 spiro atoms. The number of carbonyl (C=O) groups excluding carboxylic acids is 1. The average Bonchev–Trinajstić information content (AvgIpc) is 2.93. The molecule has 1 saturated heterocycles. The molecule has 0 aromatic rings. The molecular weight excluding hydrogens is 278 g/mol. The van der Waals surface area contributed by atoms with Crippen molar-refractivity contribution in [3.63, 3.8) is 0 Å².